The SMILES string of the molecule is CCCCCSc1cc(NC)nc(COC)n1. The topological polar surface area (TPSA) is 47.0 Å². The summed E-state index contributed by atoms with van der Waals surface area (Å²) in [5.41, 5.74) is 0. The van der Waals surface area contributed by atoms with Crippen molar-refractivity contribution in [1.82, 2.24) is 9.97 Å². The maximum atomic E-state index is 5.06. The molecule has 0 saturated heterocycles. The van der Waals surface area contributed by atoms with Crippen LogP contribution in [0.1, 0.15) is 32.0 Å². The molecule has 1 aromatic heterocycles. The van der Waals surface area contributed by atoms with E-state index in [0.717, 1.165) is 22.4 Å². The Labute approximate surface area is 108 Å². The quantitative estimate of drug-likeness (QED) is 0.439. The number of hydrogen-bond acceptors (Lipinski definition) is 5. The van der Waals surface area contributed by atoms with E-state index in [9.17, 15) is 0 Å². The largest absolute Gasteiger partial charge is 0.377 e. The number of anilines is 1. The molecule has 17 heavy (non-hydrogen) atoms. The molecule has 96 valence electrons. The van der Waals surface area contributed by atoms with Gasteiger partial charge >= 0.3 is 0 Å². The third-order valence-corrected chi connectivity index (χ3v) is 3.27. The number of methoxy groups -OCH3 is 1. The van der Waals surface area contributed by atoms with Gasteiger partial charge in [0.1, 0.15) is 17.5 Å². The molecule has 0 radical (unpaired) electrons. The molecule has 0 bridgehead atoms. The minimum absolute atomic E-state index is 0.456. The molecular weight excluding hydrogens is 234 g/mol. The van der Waals surface area contributed by atoms with Gasteiger partial charge in [-0.1, -0.05) is 19.8 Å². The first kappa shape index (κ1) is 14.3. The van der Waals surface area contributed by atoms with Gasteiger partial charge in [-0.3, -0.25) is 0 Å². The lowest BCUT2D eigenvalue weighted by atomic mass is 10.3. The standard InChI is InChI=1S/C12H21N3OS/c1-4-5-6-7-17-12-8-10(13-2)14-11(15-12)9-16-3/h8H,4-7,9H2,1-3H3,(H,13,14,15). The summed E-state index contributed by atoms with van der Waals surface area (Å²) in [4.78, 5) is 8.78. The number of nitrogens with zero attached hydrogens (tertiary/aromatic N) is 2. The Hall–Kier alpha value is -0.810. The second-order valence-electron chi connectivity index (χ2n) is 3.75. The first-order valence-corrected chi connectivity index (χ1v) is 6.96. The van der Waals surface area contributed by atoms with Crippen LogP contribution in [0.4, 0.5) is 5.82 Å². The number of nitrogens with one attached hydrogen (secondary N) is 1. The molecule has 0 atom stereocenters. The molecule has 1 N–H and O–H groups in total. The zero-order chi connectivity index (χ0) is 12.5. The van der Waals surface area contributed by atoms with Gasteiger partial charge in [-0.15, -0.1) is 11.8 Å². The molecule has 0 saturated carbocycles. The maximum absolute atomic E-state index is 5.06. The van der Waals surface area contributed by atoms with Gasteiger partial charge in [0.25, 0.3) is 0 Å². The van der Waals surface area contributed by atoms with Crippen molar-refractivity contribution in [2.75, 3.05) is 25.2 Å². The smallest absolute Gasteiger partial charge is 0.157 e. The van der Waals surface area contributed by atoms with Gasteiger partial charge in [0, 0.05) is 20.2 Å². The molecule has 0 aliphatic carbocycles. The second kappa shape index (κ2) is 8.31. The highest BCUT2D eigenvalue weighted by Gasteiger charge is 2.04. The summed E-state index contributed by atoms with van der Waals surface area (Å²) in [5.74, 6) is 2.70. The number of ether oxygens (including phenoxy) is 1. The Morgan fingerprint density at radius 3 is 2.82 bits per heavy atom. The summed E-state index contributed by atoms with van der Waals surface area (Å²) in [5, 5.41) is 4.07. The van der Waals surface area contributed by atoms with Crippen LogP contribution in [-0.2, 0) is 11.3 Å². The van der Waals surface area contributed by atoms with Crippen LogP contribution in [0.2, 0.25) is 0 Å². The highest BCUT2D eigenvalue weighted by Crippen LogP contribution is 2.20. The van der Waals surface area contributed by atoms with Gasteiger partial charge in [0.15, 0.2) is 5.82 Å². The first-order chi connectivity index (χ1) is 8.30. The molecule has 0 aliphatic rings. The summed E-state index contributed by atoms with van der Waals surface area (Å²) in [6.45, 7) is 2.67. The van der Waals surface area contributed by atoms with Gasteiger partial charge in [0.2, 0.25) is 0 Å². The van der Waals surface area contributed by atoms with E-state index in [4.69, 9.17) is 4.74 Å². The van der Waals surface area contributed by atoms with E-state index in [1.165, 1.54) is 19.3 Å². The molecule has 0 unspecified atom stereocenters. The Morgan fingerprint density at radius 1 is 1.35 bits per heavy atom. The molecule has 1 aromatic rings. The third kappa shape index (κ3) is 5.37. The lowest BCUT2D eigenvalue weighted by Crippen LogP contribution is -2.02. The number of thioether (sulfide) groups is 1. The van der Waals surface area contributed by atoms with Crippen molar-refractivity contribution in [2.24, 2.45) is 0 Å². The monoisotopic (exact) mass is 255 g/mol. The molecule has 0 spiro atoms. The zero-order valence-electron chi connectivity index (χ0n) is 10.8. The maximum Gasteiger partial charge on any atom is 0.157 e. The van der Waals surface area contributed by atoms with Crippen molar-refractivity contribution in [1.29, 1.82) is 0 Å². The van der Waals surface area contributed by atoms with Crippen LogP contribution in [0.3, 0.4) is 0 Å². The van der Waals surface area contributed by atoms with Gasteiger partial charge in [-0.05, 0) is 12.2 Å². The number of hydrogen-bond donors (Lipinski definition) is 1. The van der Waals surface area contributed by atoms with E-state index in [0.29, 0.717) is 6.61 Å². The van der Waals surface area contributed by atoms with Crippen molar-refractivity contribution < 1.29 is 4.74 Å². The fourth-order valence-corrected chi connectivity index (χ4v) is 2.32. The molecule has 1 rings (SSSR count). The van der Waals surface area contributed by atoms with Crippen LogP contribution in [0.15, 0.2) is 11.1 Å². The molecule has 1 heterocycles. The van der Waals surface area contributed by atoms with Gasteiger partial charge in [-0.2, -0.15) is 0 Å². The van der Waals surface area contributed by atoms with Gasteiger partial charge in [-0.25, -0.2) is 9.97 Å². The van der Waals surface area contributed by atoms with Crippen LogP contribution < -0.4 is 5.32 Å². The predicted molar refractivity (Wildman–Crippen MR) is 72.5 cm³/mol. The molecule has 4 nitrogen and oxygen atoms in total. The van der Waals surface area contributed by atoms with E-state index in [1.54, 1.807) is 18.9 Å². The summed E-state index contributed by atoms with van der Waals surface area (Å²) >= 11 is 1.78. The first-order valence-electron chi connectivity index (χ1n) is 5.97. The van der Waals surface area contributed by atoms with E-state index in [-0.39, 0.29) is 0 Å². The van der Waals surface area contributed by atoms with Crippen LogP contribution in [0, 0.1) is 0 Å². The fraction of sp³-hybridized carbons (Fsp3) is 0.667. The van der Waals surface area contributed by atoms with E-state index in [1.807, 2.05) is 13.1 Å². The minimum Gasteiger partial charge on any atom is -0.377 e. The average Bonchev–Trinajstić information content (AvgIpc) is 2.35. The Bertz CT molecular complexity index is 334. The number of aromatic nitrogens is 2. The van der Waals surface area contributed by atoms with Crippen LogP contribution >= 0.6 is 11.8 Å². The van der Waals surface area contributed by atoms with Gasteiger partial charge < -0.3 is 10.1 Å². The fourth-order valence-electron chi connectivity index (χ4n) is 1.40. The van der Waals surface area contributed by atoms with Crippen molar-refractivity contribution >= 4 is 17.6 Å². The van der Waals surface area contributed by atoms with Crippen molar-refractivity contribution in [3.63, 3.8) is 0 Å². The normalized spacial score (nSPS) is 10.5. The Morgan fingerprint density at radius 2 is 2.18 bits per heavy atom. The number of rotatable bonds is 8. The minimum atomic E-state index is 0.456. The molecule has 5 heteroatoms. The van der Waals surface area contributed by atoms with E-state index < -0.39 is 0 Å². The van der Waals surface area contributed by atoms with Crippen LogP contribution in [0.25, 0.3) is 0 Å². The molecular formula is C12H21N3OS. The second-order valence-corrected chi connectivity index (χ2v) is 4.86. The molecule has 0 amide bonds. The highest BCUT2D eigenvalue weighted by molar-refractivity contribution is 7.99. The molecule has 0 fully saturated rings. The summed E-state index contributed by atoms with van der Waals surface area (Å²) < 4.78 is 5.06. The average molecular weight is 255 g/mol. The lowest BCUT2D eigenvalue weighted by Gasteiger charge is -2.06. The molecule has 0 aromatic carbocycles. The zero-order valence-corrected chi connectivity index (χ0v) is 11.6. The van der Waals surface area contributed by atoms with Crippen LogP contribution in [-0.4, -0.2) is 29.9 Å². The van der Waals surface area contributed by atoms with Gasteiger partial charge in [0.05, 0.1) is 0 Å². The Balaban J connectivity index is 2.59. The van der Waals surface area contributed by atoms with E-state index >= 15 is 0 Å². The summed E-state index contributed by atoms with van der Waals surface area (Å²) in [6.07, 6.45) is 3.77. The molecule has 0 aliphatic heterocycles. The third-order valence-electron chi connectivity index (χ3n) is 2.28. The predicted octanol–water partition coefficient (Wildman–Crippen LogP) is 2.95. The lowest BCUT2D eigenvalue weighted by molar-refractivity contribution is 0.177. The van der Waals surface area contributed by atoms with Crippen molar-refractivity contribution in [3.05, 3.63) is 11.9 Å². The highest BCUT2D eigenvalue weighted by atomic mass is 32.2. The Kier molecular flexibility index (Phi) is 6.96. The number of unbranched alkanes of at least 4 members (excludes halogenated alkanes) is 2. The van der Waals surface area contributed by atoms with E-state index in [2.05, 4.69) is 22.2 Å². The van der Waals surface area contributed by atoms with Crippen LogP contribution in [0.5, 0.6) is 0 Å². The van der Waals surface area contributed by atoms with Crippen molar-refractivity contribution in [2.45, 2.75) is 37.8 Å². The summed E-state index contributed by atoms with van der Waals surface area (Å²) in [7, 11) is 3.52. The summed E-state index contributed by atoms with van der Waals surface area (Å²) in [6, 6.07) is 1.98. The van der Waals surface area contributed by atoms with Crippen molar-refractivity contribution in [3.8, 4) is 0 Å².